The molecule has 1 fully saturated rings. The van der Waals surface area contributed by atoms with Gasteiger partial charge in [0.05, 0.1) is 6.10 Å². The lowest BCUT2D eigenvalue weighted by Gasteiger charge is -2.31. The number of piperidine rings is 1. The highest BCUT2D eigenvalue weighted by Gasteiger charge is 2.20. The molecule has 0 bridgehead atoms. The second-order valence-electron chi connectivity index (χ2n) is 3.17. The number of nitrogens with one attached hydrogen (secondary N) is 1. The number of hydrogen-bond acceptors (Lipinski definition) is 3. The summed E-state index contributed by atoms with van der Waals surface area (Å²) < 4.78 is 0. The first-order chi connectivity index (χ1) is 4.70. The SMILES string of the molecule is CN(C)C1CNCC(O)C1. The normalized spacial score (nSPS) is 34.8. The van der Waals surface area contributed by atoms with Crippen LogP contribution in [0, 0.1) is 0 Å². The largest absolute Gasteiger partial charge is 0.392 e. The van der Waals surface area contributed by atoms with Crippen molar-refractivity contribution in [2.45, 2.75) is 18.6 Å². The Balaban J connectivity index is 2.32. The van der Waals surface area contributed by atoms with E-state index in [9.17, 15) is 5.11 Å². The van der Waals surface area contributed by atoms with Gasteiger partial charge in [0.2, 0.25) is 0 Å². The predicted molar refractivity (Wildman–Crippen MR) is 41.0 cm³/mol. The fourth-order valence-corrected chi connectivity index (χ4v) is 1.29. The Morgan fingerprint density at radius 1 is 1.40 bits per heavy atom. The molecule has 1 heterocycles. The number of hydrogen-bond donors (Lipinski definition) is 2. The summed E-state index contributed by atoms with van der Waals surface area (Å²) in [7, 11) is 4.09. The Kier molecular flexibility index (Phi) is 2.65. The van der Waals surface area contributed by atoms with Crippen LogP contribution >= 0.6 is 0 Å². The Morgan fingerprint density at radius 2 is 2.10 bits per heavy atom. The lowest BCUT2D eigenvalue weighted by molar-refractivity contribution is 0.0945. The molecule has 60 valence electrons. The molecule has 0 aromatic heterocycles. The molecule has 0 radical (unpaired) electrons. The lowest BCUT2D eigenvalue weighted by atomic mass is 10.0. The number of aliphatic hydroxyl groups excluding tert-OH is 1. The zero-order chi connectivity index (χ0) is 7.56. The third-order valence-corrected chi connectivity index (χ3v) is 2.03. The van der Waals surface area contributed by atoms with Crippen molar-refractivity contribution in [2.75, 3.05) is 27.2 Å². The zero-order valence-corrected chi connectivity index (χ0v) is 6.67. The average molecular weight is 144 g/mol. The van der Waals surface area contributed by atoms with Gasteiger partial charge in [0.1, 0.15) is 0 Å². The third-order valence-electron chi connectivity index (χ3n) is 2.03. The van der Waals surface area contributed by atoms with Gasteiger partial charge in [-0.1, -0.05) is 0 Å². The van der Waals surface area contributed by atoms with E-state index in [1.807, 2.05) is 14.1 Å². The van der Waals surface area contributed by atoms with Crippen molar-refractivity contribution in [3.63, 3.8) is 0 Å². The summed E-state index contributed by atoms with van der Waals surface area (Å²) >= 11 is 0. The first kappa shape index (κ1) is 7.98. The maximum atomic E-state index is 9.24. The van der Waals surface area contributed by atoms with Crippen LogP contribution in [0.15, 0.2) is 0 Å². The van der Waals surface area contributed by atoms with Crippen molar-refractivity contribution in [2.24, 2.45) is 0 Å². The summed E-state index contributed by atoms with van der Waals surface area (Å²) in [5, 5.41) is 12.4. The highest BCUT2D eigenvalue weighted by Crippen LogP contribution is 2.06. The Hall–Kier alpha value is -0.120. The second-order valence-corrected chi connectivity index (χ2v) is 3.17. The third kappa shape index (κ3) is 1.94. The van der Waals surface area contributed by atoms with E-state index in [4.69, 9.17) is 0 Å². The first-order valence-corrected chi connectivity index (χ1v) is 3.75. The molecule has 3 heteroatoms. The van der Waals surface area contributed by atoms with E-state index in [-0.39, 0.29) is 6.10 Å². The minimum Gasteiger partial charge on any atom is -0.392 e. The molecule has 0 aromatic rings. The van der Waals surface area contributed by atoms with E-state index in [1.54, 1.807) is 0 Å². The average Bonchev–Trinajstić information content (AvgIpc) is 1.88. The fourth-order valence-electron chi connectivity index (χ4n) is 1.29. The molecule has 1 rings (SSSR count). The molecule has 0 amide bonds. The molecule has 1 aliphatic heterocycles. The van der Waals surface area contributed by atoms with Gasteiger partial charge >= 0.3 is 0 Å². The van der Waals surface area contributed by atoms with Gasteiger partial charge in [-0.3, -0.25) is 0 Å². The monoisotopic (exact) mass is 144 g/mol. The number of β-amino-alcohol motifs (C(OH)–C–C–N with tert-alkyl or cyclic N) is 1. The van der Waals surface area contributed by atoms with Gasteiger partial charge < -0.3 is 15.3 Å². The summed E-state index contributed by atoms with van der Waals surface area (Å²) in [5.74, 6) is 0. The topological polar surface area (TPSA) is 35.5 Å². The van der Waals surface area contributed by atoms with Crippen LogP contribution in [0.3, 0.4) is 0 Å². The van der Waals surface area contributed by atoms with Crippen molar-refractivity contribution < 1.29 is 5.11 Å². The van der Waals surface area contributed by atoms with E-state index in [2.05, 4.69) is 10.2 Å². The molecule has 0 spiro atoms. The summed E-state index contributed by atoms with van der Waals surface area (Å²) in [6, 6.07) is 0.503. The molecule has 2 N–H and O–H groups in total. The minimum absolute atomic E-state index is 0.152. The maximum absolute atomic E-state index is 9.24. The molecule has 1 saturated heterocycles. The van der Waals surface area contributed by atoms with Gasteiger partial charge in [-0.05, 0) is 20.5 Å². The Morgan fingerprint density at radius 3 is 2.50 bits per heavy atom. The van der Waals surface area contributed by atoms with Gasteiger partial charge in [-0.25, -0.2) is 0 Å². The predicted octanol–water partition coefficient (Wildman–Crippen LogP) is -0.729. The van der Waals surface area contributed by atoms with Crippen LogP contribution in [-0.2, 0) is 0 Å². The van der Waals surface area contributed by atoms with Gasteiger partial charge in [0.25, 0.3) is 0 Å². The van der Waals surface area contributed by atoms with Crippen LogP contribution in [0.5, 0.6) is 0 Å². The first-order valence-electron chi connectivity index (χ1n) is 3.75. The molecule has 0 aliphatic carbocycles. The van der Waals surface area contributed by atoms with E-state index in [0.717, 1.165) is 19.5 Å². The summed E-state index contributed by atoms with van der Waals surface area (Å²) in [6.45, 7) is 1.76. The lowest BCUT2D eigenvalue weighted by Crippen LogP contribution is -2.48. The number of rotatable bonds is 1. The van der Waals surface area contributed by atoms with Crippen molar-refractivity contribution >= 4 is 0 Å². The number of nitrogens with zero attached hydrogens (tertiary/aromatic N) is 1. The van der Waals surface area contributed by atoms with Crippen LogP contribution < -0.4 is 5.32 Å². The smallest absolute Gasteiger partial charge is 0.0680 e. The number of likely N-dealkylation sites (N-methyl/N-ethyl adjacent to an activating group) is 1. The Labute approximate surface area is 62.0 Å². The van der Waals surface area contributed by atoms with Crippen molar-refractivity contribution in [3.8, 4) is 0 Å². The molecular formula is C7H16N2O. The summed E-state index contributed by atoms with van der Waals surface area (Å²) in [5.41, 5.74) is 0. The molecule has 0 aromatic carbocycles. The number of aliphatic hydroxyl groups is 1. The van der Waals surface area contributed by atoms with Gasteiger partial charge in [-0.15, -0.1) is 0 Å². The van der Waals surface area contributed by atoms with Gasteiger partial charge in [0, 0.05) is 19.1 Å². The van der Waals surface area contributed by atoms with Gasteiger partial charge in [-0.2, -0.15) is 0 Å². The molecule has 10 heavy (non-hydrogen) atoms. The van der Waals surface area contributed by atoms with E-state index >= 15 is 0 Å². The minimum atomic E-state index is -0.152. The maximum Gasteiger partial charge on any atom is 0.0680 e. The van der Waals surface area contributed by atoms with E-state index in [0.29, 0.717) is 6.04 Å². The van der Waals surface area contributed by atoms with Crippen LogP contribution in [-0.4, -0.2) is 49.3 Å². The summed E-state index contributed by atoms with van der Waals surface area (Å²) in [6.07, 6.45) is 0.751. The second kappa shape index (κ2) is 3.32. The quantitative estimate of drug-likeness (QED) is 0.509. The Bertz CT molecular complexity index is 106. The van der Waals surface area contributed by atoms with Crippen LogP contribution in [0.2, 0.25) is 0 Å². The van der Waals surface area contributed by atoms with E-state index in [1.165, 1.54) is 0 Å². The molecule has 0 saturated carbocycles. The molecular weight excluding hydrogens is 128 g/mol. The zero-order valence-electron chi connectivity index (χ0n) is 6.67. The van der Waals surface area contributed by atoms with Crippen molar-refractivity contribution in [3.05, 3.63) is 0 Å². The fraction of sp³-hybridized carbons (Fsp3) is 1.00. The standard InChI is InChI=1S/C7H16N2O/c1-9(2)6-3-7(10)5-8-4-6/h6-8,10H,3-5H2,1-2H3. The molecule has 2 atom stereocenters. The molecule has 3 nitrogen and oxygen atoms in total. The molecule has 2 unspecified atom stereocenters. The highest BCUT2D eigenvalue weighted by atomic mass is 16.3. The van der Waals surface area contributed by atoms with E-state index < -0.39 is 0 Å². The molecule has 1 aliphatic rings. The van der Waals surface area contributed by atoms with Crippen LogP contribution in [0.4, 0.5) is 0 Å². The van der Waals surface area contributed by atoms with Gasteiger partial charge in [0.15, 0.2) is 0 Å². The van der Waals surface area contributed by atoms with Crippen molar-refractivity contribution in [1.82, 2.24) is 10.2 Å². The summed E-state index contributed by atoms with van der Waals surface area (Å²) in [4.78, 5) is 2.15. The van der Waals surface area contributed by atoms with Crippen LogP contribution in [0.25, 0.3) is 0 Å². The van der Waals surface area contributed by atoms with Crippen molar-refractivity contribution in [1.29, 1.82) is 0 Å². The highest BCUT2D eigenvalue weighted by molar-refractivity contribution is 4.79. The van der Waals surface area contributed by atoms with Crippen LogP contribution in [0.1, 0.15) is 6.42 Å².